The molecule has 2 aromatic heterocycles. The number of pyridine rings is 1. The number of aromatic nitrogens is 1. The average Bonchev–Trinajstić information content (AvgIpc) is 2.84. The Kier molecular flexibility index (Phi) is 3.84. The van der Waals surface area contributed by atoms with Crippen LogP contribution in [0.1, 0.15) is 15.9 Å². The second-order valence-electron chi connectivity index (χ2n) is 3.90. The molecule has 0 saturated heterocycles. The number of hydrogen-bond acceptors (Lipinski definition) is 4. The van der Waals surface area contributed by atoms with Crippen molar-refractivity contribution in [3.63, 3.8) is 0 Å². The van der Waals surface area contributed by atoms with Crippen LogP contribution in [0.3, 0.4) is 0 Å². The lowest BCUT2D eigenvalue weighted by molar-refractivity contribution is 0.0785. The summed E-state index contributed by atoms with van der Waals surface area (Å²) in [7, 11) is 1.72. The van der Waals surface area contributed by atoms with E-state index in [4.69, 9.17) is 17.3 Å². The number of rotatable bonds is 3. The van der Waals surface area contributed by atoms with Crippen LogP contribution in [0.25, 0.3) is 0 Å². The minimum atomic E-state index is -0.189. The molecule has 0 fully saturated rings. The van der Waals surface area contributed by atoms with Crippen molar-refractivity contribution < 1.29 is 4.79 Å². The number of carbonyl (C=O) groups excluding carboxylic acids is 1. The first-order valence-corrected chi connectivity index (χ1v) is 6.57. The van der Waals surface area contributed by atoms with Gasteiger partial charge in [-0.05, 0) is 28.5 Å². The summed E-state index contributed by atoms with van der Waals surface area (Å²) in [4.78, 5) is 17.7. The Morgan fingerprint density at radius 2 is 2.39 bits per heavy atom. The normalized spacial score (nSPS) is 10.3. The average molecular weight is 282 g/mol. The molecule has 0 radical (unpaired) electrons. The van der Waals surface area contributed by atoms with Gasteiger partial charge in [-0.25, -0.2) is 4.98 Å². The number of thiophene rings is 1. The standard InChI is InChI=1S/C12H12ClN3OS/c1-16(6-8-2-3-18-7-8)12(17)10-4-9(14)5-15-11(10)13/h2-5,7H,6,14H2,1H3. The fourth-order valence-corrected chi connectivity index (χ4v) is 2.39. The summed E-state index contributed by atoms with van der Waals surface area (Å²) in [5.41, 5.74) is 7.45. The molecule has 0 aliphatic heterocycles. The summed E-state index contributed by atoms with van der Waals surface area (Å²) in [5.74, 6) is -0.189. The Hall–Kier alpha value is -1.59. The number of halogens is 1. The zero-order chi connectivity index (χ0) is 13.1. The van der Waals surface area contributed by atoms with E-state index >= 15 is 0 Å². The van der Waals surface area contributed by atoms with Crippen LogP contribution in [0.2, 0.25) is 5.15 Å². The van der Waals surface area contributed by atoms with Gasteiger partial charge in [0.2, 0.25) is 0 Å². The first-order chi connectivity index (χ1) is 8.58. The molecule has 0 unspecified atom stereocenters. The summed E-state index contributed by atoms with van der Waals surface area (Å²) in [6, 6.07) is 3.52. The molecule has 2 heterocycles. The first kappa shape index (κ1) is 12.9. The maximum Gasteiger partial charge on any atom is 0.257 e. The summed E-state index contributed by atoms with van der Waals surface area (Å²) < 4.78 is 0. The van der Waals surface area contributed by atoms with Crippen LogP contribution in [-0.4, -0.2) is 22.8 Å². The Morgan fingerprint density at radius 1 is 1.61 bits per heavy atom. The van der Waals surface area contributed by atoms with Crippen molar-refractivity contribution >= 4 is 34.5 Å². The van der Waals surface area contributed by atoms with E-state index in [1.54, 1.807) is 29.4 Å². The Labute approximate surface area is 114 Å². The maximum atomic E-state index is 12.2. The van der Waals surface area contributed by atoms with Gasteiger partial charge in [-0.2, -0.15) is 11.3 Å². The van der Waals surface area contributed by atoms with Crippen LogP contribution >= 0.6 is 22.9 Å². The van der Waals surface area contributed by atoms with E-state index in [2.05, 4.69) is 4.98 Å². The summed E-state index contributed by atoms with van der Waals surface area (Å²) >= 11 is 7.50. The molecular weight excluding hydrogens is 270 g/mol. The zero-order valence-electron chi connectivity index (χ0n) is 9.76. The van der Waals surface area contributed by atoms with E-state index < -0.39 is 0 Å². The Balaban J connectivity index is 2.17. The van der Waals surface area contributed by atoms with Gasteiger partial charge in [0.05, 0.1) is 17.4 Å². The van der Waals surface area contributed by atoms with Crippen LogP contribution in [0, 0.1) is 0 Å². The van der Waals surface area contributed by atoms with Crippen LogP contribution < -0.4 is 5.73 Å². The maximum absolute atomic E-state index is 12.2. The van der Waals surface area contributed by atoms with E-state index in [1.807, 2.05) is 16.8 Å². The van der Waals surface area contributed by atoms with E-state index in [9.17, 15) is 4.79 Å². The van der Waals surface area contributed by atoms with Crippen molar-refractivity contribution in [1.82, 2.24) is 9.88 Å². The molecule has 2 N–H and O–H groups in total. The number of carbonyl (C=O) groups is 1. The van der Waals surface area contributed by atoms with Gasteiger partial charge in [-0.3, -0.25) is 4.79 Å². The number of nitrogens with two attached hydrogens (primary N) is 1. The lowest BCUT2D eigenvalue weighted by Crippen LogP contribution is -2.26. The van der Waals surface area contributed by atoms with Gasteiger partial charge >= 0.3 is 0 Å². The van der Waals surface area contributed by atoms with Gasteiger partial charge in [0, 0.05) is 13.6 Å². The van der Waals surface area contributed by atoms with E-state index in [0.717, 1.165) is 5.56 Å². The highest BCUT2D eigenvalue weighted by Gasteiger charge is 2.16. The third-order valence-corrected chi connectivity index (χ3v) is 3.47. The molecule has 0 aliphatic carbocycles. The summed E-state index contributed by atoms with van der Waals surface area (Å²) in [6.07, 6.45) is 1.43. The van der Waals surface area contributed by atoms with Gasteiger partial charge in [-0.1, -0.05) is 11.6 Å². The second kappa shape index (κ2) is 5.37. The van der Waals surface area contributed by atoms with Crippen LogP contribution in [-0.2, 0) is 6.54 Å². The first-order valence-electron chi connectivity index (χ1n) is 5.25. The predicted molar refractivity (Wildman–Crippen MR) is 73.8 cm³/mol. The molecule has 0 spiro atoms. The highest BCUT2D eigenvalue weighted by atomic mass is 35.5. The van der Waals surface area contributed by atoms with Crippen molar-refractivity contribution in [3.05, 3.63) is 45.4 Å². The third kappa shape index (κ3) is 2.80. The molecule has 1 amide bonds. The number of amides is 1. The van der Waals surface area contributed by atoms with Gasteiger partial charge in [0.1, 0.15) is 5.15 Å². The van der Waals surface area contributed by atoms with Crippen molar-refractivity contribution in [2.24, 2.45) is 0 Å². The summed E-state index contributed by atoms with van der Waals surface area (Å²) in [5, 5.41) is 4.15. The van der Waals surface area contributed by atoms with Crippen molar-refractivity contribution in [3.8, 4) is 0 Å². The van der Waals surface area contributed by atoms with E-state index in [0.29, 0.717) is 17.8 Å². The van der Waals surface area contributed by atoms with E-state index in [-0.39, 0.29) is 11.1 Å². The molecule has 2 rings (SSSR count). The minimum absolute atomic E-state index is 0.173. The molecule has 94 valence electrons. The lowest BCUT2D eigenvalue weighted by Gasteiger charge is -2.17. The fraction of sp³-hybridized carbons (Fsp3) is 0.167. The Bertz CT molecular complexity index is 556. The van der Waals surface area contributed by atoms with E-state index in [1.165, 1.54) is 6.20 Å². The third-order valence-electron chi connectivity index (χ3n) is 2.44. The number of nitrogen functional groups attached to an aromatic ring is 1. The molecule has 0 aliphatic rings. The molecule has 0 aromatic carbocycles. The van der Waals surface area contributed by atoms with Crippen molar-refractivity contribution in [1.29, 1.82) is 0 Å². The van der Waals surface area contributed by atoms with Crippen LogP contribution in [0.5, 0.6) is 0 Å². The largest absolute Gasteiger partial charge is 0.397 e. The van der Waals surface area contributed by atoms with Crippen LogP contribution in [0.15, 0.2) is 29.1 Å². The monoisotopic (exact) mass is 281 g/mol. The van der Waals surface area contributed by atoms with Crippen molar-refractivity contribution in [2.75, 3.05) is 12.8 Å². The smallest absolute Gasteiger partial charge is 0.257 e. The molecule has 4 nitrogen and oxygen atoms in total. The topological polar surface area (TPSA) is 59.2 Å². The lowest BCUT2D eigenvalue weighted by atomic mass is 10.2. The highest BCUT2D eigenvalue weighted by Crippen LogP contribution is 2.18. The predicted octanol–water partition coefficient (Wildman–Crippen LogP) is 2.65. The SMILES string of the molecule is CN(Cc1ccsc1)C(=O)c1cc(N)cnc1Cl. The summed E-state index contributed by atoms with van der Waals surface area (Å²) in [6.45, 7) is 0.535. The van der Waals surface area contributed by atoms with Crippen molar-refractivity contribution in [2.45, 2.75) is 6.54 Å². The van der Waals surface area contributed by atoms with Crippen LogP contribution in [0.4, 0.5) is 5.69 Å². The minimum Gasteiger partial charge on any atom is -0.397 e. The van der Waals surface area contributed by atoms with Gasteiger partial charge < -0.3 is 10.6 Å². The van der Waals surface area contributed by atoms with Gasteiger partial charge in [-0.15, -0.1) is 0 Å². The highest BCUT2D eigenvalue weighted by molar-refractivity contribution is 7.07. The Morgan fingerprint density at radius 3 is 3.06 bits per heavy atom. The fourth-order valence-electron chi connectivity index (χ4n) is 1.55. The molecular formula is C12H12ClN3OS. The number of anilines is 1. The zero-order valence-corrected chi connectivity index (χ0v) is 11.3. The molecule has 18 heavy (non-hydrogen) atoms. The second-order valence-corrected chi connectivity index (χ2v) is 5.04. The number of nitrogens with zero attached hydrogens (tertiary/aromatic N) is 2. The molecule has 0 saturated carbocycles. The van der Waals surface area contributed by atoms with Gasteiger partial charge in [0.15, 0.2) is 0 Å². The number of hydrogen-bond donors (Lipinski definition) is 1. The molecule has 0 atom stereocenters. The van der Waals surface area contributed by atoms with Gasteiger partial charge in [0.25, 0.3) is 5.91 Å². The molecule has 6 heteroatoms. The molecule has 0 bridgehead atoms. The quantitative estimate of drug-likeness (QED) is 0.880. The molecule has 2 aromatic rings.